The molecule has 0 aliphatic carbocycles. The number of rotatable bonds is 4. The number of carboxylic acid groups (broad SMARTS) is 1. The van der Waals surface area contributed by atoms with Crippen LogP contribution >= 0.6 is 0 Å². The van der Waals surface area contributed by atoms with Gasteiger partial charge >= 0.3 is 12.1 Å². The van der Waals surface area contributed by atoms with Crippen LogP contribution in [-0.4, -0.2) is 28.8 Å². The summed E-state index contributed by atoms with van der Waals surface area (Å²) in [6, 6.07) is 2.97. The van der Waals surface area contributed by atoms with Gasteiger partial charge < -0.3 is 15.2 Å². The number of aromatic carboxylic acids is 1. The van der Waals surface area contributed by atoms with E-state index in [0.29, 0.717) is 12.2 Å². The van der Waals surface area contributed by atoms with Crippen molar-refractivity contribution in [3.63, 3.8) is 0 Å². The van der Waals surface area contributed by atoms with Crippen molar-refractivity contribution in [2.24, 2.45) is 0 Å². The summed E-state index contributed by atoms with van der Waals surface area (Å²) < 4.78 is 4.66. The molecule has 0 saturated carbocycles. The Bertz CT molecular complexity index is 375. The number of alkyl carbamates (subject to hydrolysis) is 1. The van der Waals surface area contributed by atoms with E-state index in [9.17, 15) is 9.59 Å². The summed E-state index contributed by atoms with van der Waals surface area (Å²) in [5.74, 6) is -1.08. The van der Waals surface area contributed by atoms with E-state index in [2.05, 4.69) is 15.0 Å². The first-order valence-corrected chi connectivity index (χ1v) is 4.72. The van der Waals surface area contributed by atoms with E-state index in [1.807, 2.05) is 0 Å². The van der Waals surface area contributed by atoms with Gasteiger partial charge in [0.05, 0.1) is 6.61 Å². The minimum absolute atomic E-state index is 0.0279. The second kappa shape index (κ2) is 5.69. The predicted octanol–water partition coefficient (Wildman–Crippen LogP) is 1.03. The summed E-state index contributed by atoms with van der Waals surface area (Å²) in [6.45, 7) is 2.27. The smallest absolute Gasteiger partial charge is 0.407 e. The fourth-order valence-electron chi connectivity index (χ4n) is 1.01. The molecule has 86 valence electrons. The highest BCUT2D eigenvalue weighted by Crippen LogP contribution is 2.00. The van der Waals surface area contributed by atoms with E-state index in [1.165, 1.54) is 12.3 Å². The van der Waals surface area contributed by atoms with Crippen LogP contribution in [0.25, 0.3) is 0 Å². The molecule has 0 atom stereocenters. The van der Waals surface area contributed by atoms with Crippen molar-refractivity contribution in [2.75, 3.05) is 6.61 Å². The number of pyridine rings is 1. The molecule has 16 heavy (non-hydrogen) atoms. The molecule has 0 fully saturated rings. The van der Waals surface area contributed by atoms with Crippen molar-refractivity contribution < 1.29 is 19.4 Å². The maximum atomic E-state index is 10.9. The SMILES string of the molecule is CCOC(=O)NCc1ccc(C(=O)O)nc1. The van der Waals surface area contributed by atoms with Crippen molar-refractivity contribution in [1.29, 1.82) is 0 Å². The van der Waals surface area contributed by atoms with Crippen LogP contribution in [0.15, 0.2) is 18.3 Å². The summed E-state index contributed by atoms with van der Waals surface area (Å²) in [5.41, 5.74) is 0.679. The van der Waals surface area contributed by atoms with Gasteiger partial charge in [0.15, 0.2) is 0 Å². The van der Waals surface area contributed by atoms with Crippen LogP contribution in [0.2, 0.25) is 0 Å². The van der Waals surface area contributed by atoms with Crippen LogP contribution in [0, 0.1) is 0 Å². The molecule has 0 aliphatic rings. The topological polar surface area (TPSA) is 88.5 Å². The number of aromatic nitrogens is 1. The van der Waals surface area contributed by atoms with E-state index in [4.69, 9.17) is 5.11 Å². The largest absolute Gasteiger partial charge is 0.477 e. The molecule has 0 spiro atoms. The first-order chi connectivity index (χ1) is 7.63. The Labute approximate surface area is 92.3 Å². The van der Waals surface area contributed by atoms with Crippen LogP contribution in [0.3, 0.4) is 0 Å². The fourth-order valence-corrected chi connectivity index (χ4v) is 1.01. The summed E-state index contributed by atoms with van der Waals surface area (Å²) in [7, 11) is 0. The van der Waals surface area contributed by atoms with Crippen LogP contribution < -0.4 is 5.32 Å². The summed E-state index contributed by atoms with van der Waals surface area (Å²) in [5, 5.41) is 11.1. The first kappa shape index (κ1) is 12.0. The minimum atomic E-state index is -1.08. The summed E-state index contributed by atoms with van der Waals surface area (Å²) in [4.78, 5) is 25.2. The zero-order valence-electron chi connectivity index (χ0n) is 8.77. The quantitative estimate of drug-likeness (QED) is 0.797. The number of amides is 1. The van der Waals surface area contributed by atoms with E-state index < -0.39 is 12.1 Å². The van der Waals surface area contributed by atoms with E-state index in [0.717, 1.165) is 0 Å². The number of ether oxygens (including phenoxy) is 1. The van der Waals surface area contributed by atoms with Gasteiger partial charge in [-0.25, -0.2) is 14.6 Å². The normalized spacial score (nSPS) is 9.56. The number of carbonyl (C=O) groups excluding carboxylic acids is 1. The van der Waals surface area contributed by atoms with E-state index >= 15 is 0 Å². The molecule has 1 heterocycles. The fraction of sp³-hybridized carbons (Fsp3) is 0.300. The van der Waals surface area contributed by atoms with Gasteiger partial charge in [0.25, 0.3) is 0 Å². The van der Waals surface area contributed by atoms with Gasteiger partial charge in [-0.05, 0) is 18.6 Å². The molecule has 0 saturated heterocycles. The highest BCUT2D eigenvalue weighted by molar-refractivity contribution is 5.85. The molecule has 6 nitrogen and oxygen atoms in total. The third kappa shape index (κ3) is 3.56. The number of nitrogens with zero attached hydrogens (tertiary/aromatic N) is 1. The lowest BCUT2D eigenvalue weighted by Gasteiger charge is -2.04. The third-order valence-corrected chi connectivity index (χ3v) is 1.76. The molecule has 1 amide bonds. The zero-order valence-corrected chi connectivity index (χ0v) is 8.77. The van der Waals surface area contributed by atoms with Crippen molar-refractivity contribution in [3.8, 4) is 0 Å². The van der Waals surface area contributed by atoms with Crippen molar-refractivity contribution in [2.45, 2.75) is 13.5 Å². The Kier molecular flexibility index (Phi) is 4.26. The second-order valence-electron chi connectivity index (χ2n) is 2.93. The molecule has 1 aromatic heterocycles. The summed E-state index contributed by atoms with van der Waals surface area (Å²) in [6.07, 6.45) is 0.889. The van der Waals surface area contributed by atoms with Crippen LogP contribution in [-0.2, 0) is 11.3 Å². The molecule has 6 heteroatoms. The van der Waals surface area contributed by atoms with Crippen LogP contribution in [0.4, 0.5) is 4.79 Å². The maximum Gasteiger partial charge on any atom is 0.407 e. The Morgan fingerprint density at radius 2 is 2.25 bits per heavy atom. The molecule has 1 aromatic rings. The van der Waals surface area contributed by atoms with Gasteiger partial charge in [0.1, 0.15) is 5.69 Å². The van der Waals surface area contributed by atoms with Crippen molar-refractivity contribution >= 4 is 12.1 Å². The molecule has 0 bridgehead atoms. The predicted molar refractivity (Wildman–Crippen MR) is 55.1 cm³/mol. The van der Waals surface area contributed by atoms with Crippen LogP contribution in [0.5, 0.6) is 0 Å². The van der Waals surface area contributed by atoms with Crippen molar-refractivity contribution in [3.05, 3.63) is 29.6 Å². The molecular formula is C10H12N2O4. The third-order valence-electron chi connectivity index (χ3n) is 1.76. The average Bonchev–Trinajstić information content (AvgIpc) is 2.27. The molecule has 0 aliphatic heterocycles. The lowest BCUT2D eigenvalue weighted by molar-refractivity contribution is 0.0690. The number of carboxylic acids is 1. The maximum absolute atomic E-state index is 10.9. The Morgan fingerprint density at radius 1 is 1.50 bits per heavy atom. The number of hydrogen-bond donors (Lipinski definition) is 2. The van der Waals surface area contributed by atoms with Gasteiger partial charge in [-0.15, -0.1) is 0 Å². The Balaban J connectivity index is 2.49. The van der Waals surface area contributed by atoms with Gasteiger partial charge in [-0.2, -0.15) is 0 Å². The average molecular weight is 224 g/mol. The lowest BCUT2D eigenvalue weighted by atomic mass is 10.2. The minimum Gasteiger partial charge on any atom is -0.477 e. The highest BCUT2D eigenvalue weighted by Gasteiger charge is 2.04. The van der Waals surface area contributed by atoms with E-state index in [1.54, 1.807) is 13.0 Å². The van der Waals surface area contributed by atoms with Gasteiger partial charge in [-0.1, -0.05) is 6.07 Å². The standard InChI is InChI=1S/C10H12N2O4/c1-2-16-10(15)12-6-7-3-4-8(9(13)14)11-5-7/h3-5H,2,6H2,1H3,(H,12,15)(H,13,14). The highest BCUT2D eigenvalue weighted by atomic mass is 16.5. The Hall–Kier alpha value is -2.11. The number of hydrogen-bond acceptors (Lipinski definition) is 4. The van der Waals surface area contributed by atoms with Gasteiger partial charge in [0.2, 0.25) is 0 Å². The number of carbonyl (C=O) groups is 2. The molecule has 0 aromatic carbocycles. The molecule has 0 unspecified atom stereocenters. The van der Waals surface area contributed by atoms with E-state index in [-0.39, 0.29) is 12.2 Å². The van der Waals surface area contributed by atoms with Gasteiger partial charge in [0, 0.05) is 12.7 Å². The second-order valence-corrected chi connectivity index (χ2v) is 2.93. The molecule has 2 N–H and O–H groups in total. The molecule has 1 rings (SSSR count). The van der Waals surface area contributed by atoms with Crippen LogP contribution in [0.1, 0.15) is 23.0 Å². The van der Waals surface area contributed by atoms with Gasteiger partial charge in [-0.3, -0.25) is 0 Å². The molecule has 0 radical (unpaired) electrons. The first-order valence-electron chi connectivity index (χ1n) is 4.72. The lowest BCUT2D eigenvalue weighted by Crippen LogP contribution is -2.23. The zero-order chi connectivity index (χ0) is 12.0. The number of nitrogens with one attached hydrogen (secondary N) is 1. The molecular weight excluding hydrogens is 212 g/mol. The van der Waals surface area contributed by atoms with Crippen molar-refractivity contribution in [1.82, 2.24) is 10.3 Å². The Morgan fingerprint density at radius 3 is 2.75 bits per heavy atom. The summed E-state index contributed by atoms with van der Waals surface area (Å²) >= 11 is 0. The monoisotopic (exact) mass is 224 g/mol.